The monoisotopic (exact) mass is 732 g/mol. The Hall–Kier alpha value is -3.73. The van der Waals surface area contributed by atoms with E-state index in [0.717, 1.165) is 31.6 Å². The predicted octanol–water partition coefficient (Wildman–Crippen LogP) is 1.77. The molecule has 1 aliphatic heterocycles. The van der Waals surface area contributed by atoms with Gasteiger partial charge in [0.25, 0.3) is 5.91 Å². The van der Waals surface area contributed by atoms with Crippen molar-refractivity contribution >= 4 is 38.4 Å². The van der Waals surface area contributed by atoms with Crippen molar-refractivity contribution in [2.75, 3.05) is 32.8 Å². The molecule has 16 nitrogen and oxygen atoms in total. The van der Waals surface area contributed by atoms with Crippen LogP contribution in [0.5, 0.6) is 0 Å². The first-order valence-corrected chi connectivity index (χ1v) is 19.0. The van der Waals surface area contributed by atoms with Gasteiger partial charge in [-0.15, -0.1) is 0 Å². The van der Waals surface area contributed by atoms with Gasteiger partial charge in [-0.3, -0.25) is 23.9 Å². The molecule has 0 spiro atoms. The van der Waals surface area contributed by atoms with Crippen molar-refractivity contribution in [3.63, 3.8) is 0 Å². The highest BCUT2D eigenvalue weighted by atomic mass is 31.2. The predicted molar refractivity (Wildman–Crippen MR) is 188 cm³/mol. The SMILES string of the molecule is CC(C)C[C@@H](NC(=O)[C@@H](Cc1ccccc1)NC(=O)c1cnccn1)B1OCCCN(CCCCCC(=O)NC(C(=O)O)P(=O)(O)O)CCCO1. The number of aliphatic carboxylic acids is 1. The number of hydrogen-bond acceptors (Lipinski definition) is 10. The molecule has 18 heteroatoms. The Kier molecular flexibility index (Phi) is 17.7. The lowest BCUT2D eigenvalue weighted by molar-refractivity contribution is -0.139. The Bertz CT molecular complexity index is 1430. The van der Waals surface area contributed by atoms with Crippen LogP contribution in [0.3, 0.4) is 0 Å². The first-order chi connectivity index (χ1) is 24.3. The molecule has 1 unspecified atom stereocenters. The van der Waals surface area contributed by atoms with E-state index >= 15 is 0 Å². The molecular weight excluding hydrogens is 682 g/mol. The van der Waals surface area contributed by atoms with Crippen LogP contribution < -0.4 is 16.0 Å². The topological polar surface area (TPSA) is 230 Å². The normalized spacial score (nSPS) is 16.5. The van der Waals surface area contributed by atoms with Gasteiger partial charge in [0.15, 0.2) is 0 Å². The lowest BCUT2D eigenvalue weighted by Gasteiger charge is -2.30. The van der Waals surface area contributed by atoms with E-state index in [0.29, 0.717) is 45.3 Å². The fraction of sp³-hybridized carbons (Fsp3) is 0.576. The second-order valence-corrected chi connectivity index (χ2v) is 14.6. The van der Waals surface area contributed by atoms with Gasteiger partial charge in [0.2, 0.25) is 17.6 Å². The van der Waals surface area contributed by atoms with Crippen LogP contribution >= 0.6 is 7.60 Å². The number of rotatable bonds is 18. The minimum atomic E-state index is -5.01. The quantitative estimate of drug-likeness (QED) is 0.0731. The van der Waals surface area contributed by atoms with Crippen molar-refractivity contribution in [2.24, 2.45) is 5.92 Å². The van der Waals surface area contributed by atoms with Crippen molar-refractivity contribution < 1.29 is 47.9 Å². The van der Waals surface area contributed by atoms with E-state index in [1.54, 1.807) is 0 Å². The standard InChI is InChI=1S/C33H50BN6O10P/c1-24(2)21-28(38-30(42)26(22-25-11-5-3-6-12-25)37-31(43)27-23-35-14-15-36-27)34-49-19-9-17-40(18-10-20-50-34)16-8-4-7-13-29(41)39-32(33(44)45)51(46,47)48/h3,5-6,11-12,14-15,23-24,26,28,32H,4,7-10,13,16-22H2,1-2H3,(H,37,43)(H,38,42)(H,39,41)(H,44,45)(H2,46,47,48)/t26-,28-,32?/m1/s1. The van der Waals surface area contributed by atoms with Gasteiger partial charge < -0.3 is 45.1 Å². The average molecular weight is 733 g/mol. The largest absolute Gasteiger partial charge is 0.480 e. The fourth-order valence-corrected chi connectivity index (χ4v) is 6.24. The van der Waals surface area contributed by atoms with Gasteiger partial charge in [0, 0.05) is 51.5 Å². The number of nitrogens with zero attached hydrogens (tertiary/aromatic N) is 3. The van der Waals surface area contributed by atoms with Crippen molar-refractivity contribution in [3.05, 3.63) is 60.2 Å². The molecule has 3 atom stereocenters. The van der Waals surface area contributed by atoms with Gasteiger partial charge in [-0.05, 0) is 50.1 Å². The summed E-state index contributed by atoms with van der Waals surface area (Å²) in [7, 11) is -5.70. The number of amides is 3. The number of hydrogen-bond donors (Lipinski definition) is 6. The number of benzene rings is 1. The maximum Gasteiger partial charge on any atom is 0.480 e. The minimum Gasteiger partial charge on any atom is -0.479 e. The third-order valence-electron chi connectivity index (χ3n) is 8.13. The Morgan fingerprint density at radius 2 is 1.65 bits per heavy atom. The maximum atomic E-state index is 13.8. The van der Waals surface area contributed by atoms with Gasteiger partial charge in [0.1, 0.15) is 11.7 Å². The van der Waals surface area contributed by atoms with E-state index < -0.39 is 50.3 Å². The highest BCUT2D eigenvalue weighted by Crippen LogP contribution is 2.39. The van der Waals surface area contributed by atoms with E-state index in [1.165, 1.54) is 18.6 Å². The summed E-state index contributed by atoms with van der Waals surface area (Å²) in [5.74, 6) is -5.88. The average Bonchev–Trinajstić information content (AvgIpc) is 3.09. The zero-order valence-corrected chi connectivity index (χ0v) is 30.1. The Morgan fingerprint density at radius 1 is 0.961 bits per heavy atom. The molecule has 280 valence electrons. The van der Waals surface area contributed by atoms with Crippen LogP contribution in [0.4, 0.5) is 0 Å². The van der Waals surface area contributed by atoms with E-state index in [4.69, 9.17) is 24.2 Å². The molecule has 2 heterocycles. The number of carboxylic acid groups (broad SMARTS) is 1. The van der Waals surface area contributed by atoms with Crippen LogP contribution in [0.2, 0.25) is 0 Å². The first-order valence-electron chi connectivity index (χ1n) is 17.3. The number of carbonyl (C=O) groups is 4. The van der Waals surface area contributed by atoms with Gasteiger partial charge in [0.05, 0.1) is 12.1 Å². The molecule has 3 amide bonds. The third-order valence-corrected chi connectivity index (χ3v) is 9.15. The van der Waals surface area contributed by atoms with Crippen LogP contribution in [-0.4, -0.2) is 111 Å². The van der Waals surface area contributed by atoms with Crippen molar-refractivity contribution in [1.29, 1.82) is 0 Å². The molecule has 0 aliphatic carbocycles. The molecule has 2 aromatic rings. The molecule has 0 radical (unpaired) electrons. The Balaban J connectivity index is 1.52. The summed E-state index contributed by atoms with van der Waals surface area (Å²) < 4.78 is 23.7. The Morgan fingerprint density at radius 3 is 2.24 bits per heavy atom. The lowest BCUT2D eigenvalue weighted by Crippen LogP contribution is -2.56. The van der Waals surface area contributed by atoms with Crippen molar-refractivity contribution in [2.45, 2.75) is 83.0 Å². The van der Waals surface area contributed by atoms with Crippen molar-refractivity contribution in [1.82, 2.24) is 30.8 Å². The highest BCUT2D eigenvalue weighted by molar-refractivity contribution is 7.53. The van der Waals surface area contributed by atoms with Crippen LogP contribution in [0.15, 0.2) is 48.9 Å². The summed E-state index contributed by atoms with van der Waals surface area (Å²) in [4.78, 5) is 78.4. The molecule has 1 saturated heterocycles. The van der Waals surface area contributed by atoms with Crippen LogP contribution in [-0.2, 0) is 34.7 Å². The molecular formula is C33H50BN6O10P. The zero-order valence-electron chi connectivity index (χ0n) is 29.2. The molecule has 1 aromatic heterocycles. The Labute approximate surface area is 298 Å². The van der Waals surface area contributed by atoms with E-state index in [1.807, 2.05) is 35.6 Å². The summed E-state index contributed by atoms with van der Waals surface area (Å²) in [5.41, 5.74) is 0.986. The highest BCUT2D eigenvalue weighted by Gasteiger charge is 2.37. The van der Waals surface area contributed by atoms with E-state index in [-0.39, 0.29) is 30.4 Å². The van der Waals surface area contributed by atoms with E-state index in [9.17, 15) is 23.7 Å². The smallest absolute Gasteiger partial charge is 0.479 e. The molecule has 51 heavy (non-hydrogen) atoms. The summed E-state index contributed by atoms with van der Waals surface area (Å²) in [6.45, 7) is 7.20. The fourth-order valence-electron chi connectivity index (χ4n) is 5.64. The van der Waals surface area contributed by atoms with Crippen molar-refractivity contribution in [3.8, 4) is 0 Å². The molecule has 1 fully saturated rings. The molecule has 1 aliphatic rings. The number of unbranched alkanes of at least 4 members (excludes halogenated alkanes) is 2. The second-order valence-electron chi connectivity index (χ2n) is 12.9. The number of aromatic nitrogens is 2. The van der Waals surface area contributed by atoms with Gasteiger partial charge in [-0.1, -0.05) is 50.6 Å². The summed E-state index contributed by atoms with van der Waals surface area (Å²) >= 11 is 0. The molecule has 6 N–H and O–H groups in total. The third kappa shape index (κ3) is 15.6. The van der Waals surface area contributed by atoms with E-state index in [2.05, 4.69) is 39.3 Å². The van der Waals surface area contributed by atoms with Gasteiger partial charge in [-0.25, -0.2) is 9.78 Å². The molecule has 0 bridgehead atoms. The first kappa shape index (κ1) is 41.7. The zero-order chi connectivity index (χ0) is 37.2. The summed E-state index contributed by atoms with van der Waals surface area (Å²) in [5, 5.41) is 16.8. The summed E-state index contributed by atoms with van der Waals surface area (Å²) in [6.07, 6.45) is 8.38. The molecule has 1 aromatic carbocycles. The molecule has 0 saturated carbocycles. The second kappa shape index (κ2) is 21.6. The summed E-state index contributed by atoms with van der Waals surface area (Å²) in [6, 6.07) is 8.54. The van der Waals surface area contributed by atoms with Crippen LogP contribution in [0, 0.1) is 5.92 Å². The maximum absolute atomic E-state index is 13.8. The number of carbonyl (C=O) groups excluding carboxylic acids is 3. The van der Waals surface area contributed by atoms with Crippen LogP contribution in [0.1, 0.15) is 74.8 Å². The van der Waals surface area contributed by atoms with Gasteiger partial charge in [-0.2, -0.15) is 0 Å². The number of nitrogens with one attached hydrogen (secondary N) is 3. The number of carboxylic acids is 1. The molecule has 3 rings (SSSR count). The van der Waals surface area contributed by atoms with Gasteiger partial charge >= 0.3 is 20.7 Å². The minimum absolute atomic E-state index is 0.0397. The lowest BCUT2D eigenvalue weighted by atomic mass is 9.73. The van der Waals surface area contributed by atoms with Crippen LogP contribution in [0.25, 0.3) is 0 Å².